The van der Waals surface area contributed by atoms with Crippen LogP contribution in [0.2, 0.25) is 0 Å². The largest absolute Gasteiger partial charge is 0.486 e. The van der Waals surface area contributed by atoms with Crippen LogP contribution in [0.1, 0.15) is 38.5 Å². The van der Waals surface area contributed by atoms with E-state index in [1.165, 1.54) is 12.8 Å². The molecule has 2 heterocycles. The van der Waals surface area contributed by atoms with E-state index in [0.717, 1.165) is 38.0 Å². The normalized spacial score (nSPS) is 30.7. The Hall–Kier alpha value is -1.78. The van der Waals surface area contributed by atoms with Gasteiger partial charge in [-0.3, -0.25) is 4.98 Å². The molecule has 3 aliphatic rings. The summed E-state index contributed by atoms with van der Waals surface area (Å²) in [6.07, 6.45) is 10.6. The van der Waals surface area contributed by atoms with Gasteiger partial charge in [0.25, 0.3) is 0 Å². The molecule has 5 nitrogen and oxygen atoms in total. The van der Waals surface area contributed by atoms with Crippen molar-refractivity contribution < 1.29 is 9.53 Å². The SMILES string of the molecule is O=C(NC1CCCC1)N1C[C@H]2CC[C@H]1[C@@H]2Oc1cccnc1. The van der Waals surface area contributed by atoms with E-state index in [0.29, 0.717) is 12.0 Å². The number of amides is 2. The van der Waals surface area contributed by atoms with Crippen LogP contribution in [0, 0.1) is 5.92 Å². The van der Waals surface area contributed by atoms with Crippen LogP contribution in [0.25, 0.3) is 0 Å². The van der Waals surface area contributed by atoms with Gasteiger partial charge >= 0.3 is 6.03 Å². The lowest BCUT2D eigenvalue weighted by Gasteiger charge is -2.28. The van der Waals surface area contributed by atoms with Crippen molar-refractivity contribution in [3.8, 4) is 5.75 Å². The summed E-state index contributed by atoms with van der Waals surface area (Å²) in [5.74, 6) is 1.27. The molecule has 4 rings (SSSR count). The predicted molar refractivity (Wildman–Crippen MR) is 82.7 cm³/mol. The minimum atomic E-state index is 0.110. The topological polar surface area (TPSA) is 54.5 Å². The summed E-state index contributed by atoms with van der Waals surface area (Å²) in [7, 11) is 0. The molecule has 1 aromatic heterocycles. The number of rotatable bonds is 3. The van der Waals surface area contributed by atoms with Crippen LogP contribution >= 0.6 is 0 Å². The van der Waals surface area contributed by atoms with Gasteiger partial charge in [-0.15, -0.1) is 0 Å². The summed E-state index contributed by atoms with van der Waals surface area (Å²) in [6.45, 7) is 0.828. The highest BCUT2D eigenvalue weighted by Crippen LogP contribution is 2.40. The smallest absolute Gasteiger partial charge is 0.318 e. The van der Waals surface area contributed by atoms with Crippen LogP contribution < -0.4 is 10.1 Å². The number of nitrogens with zero attached hydrogens (tertiary/aromatic N) is 2. The predicted octanol–water partition coefficient (Wildman–Crippen LogP) is 2.58. The third-order valence-corrected chi connectivity index (χ3v) is 5.36. The van der Waals surface area contributed by atoms with Crippen LogP contribution in [0.4, 0.5) is 4.79 Å². The number of likely N-dealkylation sites (tertiary alicyclic amines) is 1. The molecule has 5 heteroatoms. The number of urea groups is 1. The summed E-state index contributed by atoms with van der Waals surface area (Å²) in [6, 6.07) is 4.53. The molecule has 3 fully saturated rings. The number of fused-ring (bicyclic) bond motifs is 2. The van der Waals surface area contributed by atoms with Crippen molar-refractivity contribution in [3.63, 3.8) is 0 Å². The quantitative estimate of drug-likeness (QED) is 0.933. The van der Waals surface area contributed by atoms with E-state index in [2.05, 4.69) is 10.3 Å². The first kappa shape index (κ1) is 13.9. The average Bonchev–Trinajstić information content (AvgIpc) is 3.26. The first-order chi connectivity index (χ1) is 10.8. The lowest BCUT2D eigenvalue weighted by Crippen LogP contribution is -2.48. The van der Waals surface area contributed by atoms with Crippen molar-refractivity contribution in [2.24, 2.45) is 5.92 Å². The summed E-state index contributed by atoms with van der Waals surface area (Å²) in [4.78, 5) is 18.6. The maximum atomic E-state index is 12.5. The summed E-state index contributed by atoms with van der Waals surface area (Å²) in [5.41, 5.74) is 0. The van der Waals surface area contributed by atoms with Crippen LogP contribution in [0.15, 0.2) is 24.5 Å². The molecule has 3 atom stereocenters. The molecular formula is C17H23N3O2. The molecule has 2 saturated carbocycles. The number of nitrogens with one attached hydrogen (secondary N) is 1. The molecular weight excluding hydrogens is 278 g/mol. The Morgan fingerprint density at radius 3 is 2.91 bits per heavy atom. The molecule has 118 valence electrons. The van der Waals surface area contributed by atoms with Crippen molar-refractivity contribution >= 4 is 6.03 Å². The number of carbonyl (C=O) groups excluding carboxylic acids is 1. The molecule has 1 aromatic rings. The zero-order valence-corrected chi connectivity index (χ0v) is 12.8. The molecule has 2 bridgehead atoms. The molecule has 1 N–H and O–H groups in total. The Bertz CT molecular complexity index is 530. The first-order valence-electron chi connectivity index (χ1n) is 8.45. The lowest BCUT2D eigenvalue weighted by atomic mass is 10.1. The van der Waals surface area contributed by atoms with Gasteiger partial charge in [0.15, 0.2) is 0 Å². The van der Waals surface area contributed by atoms with Crippen LogP contribution in [0.5, 0.6) is 5.75 Å². The Kier molecular flexibility index (Phi) is 3.64. The highest BCUT2D eigenvalue weighted by atomic mass is 16.5. The van der Waals surface area contributed by atoms with E-state index in [1.807, 2.05) is 17.0 Å². The lowest BCUT2D eigenvalue weighted by molar-refractivity contribution is 0.145. The van der Waals surface area contributed by atoms with Gasteiger partial charge in [0.1, 0.15) is 11.9 Å². The summed E-state index contributed by atoms with van der Waals surface area (Å²) < 4.78 is 6.13. The molecule has 2 amide bonds. The second kappa shape index (κ2) is 5.78. The fourth-order valence-electron chi connectivity index (χ4n) is 4.25. The minimum absolute atomic E-state index is 0.110. The third kappa shape index (κ3) is 2.53. The zero-order valence-electron chi connectivity index (χ0n) is 12.8. The first-order valence-corrected chi connectivity index (χ1v) is 8.45. The van der Waals surface area contributed by atoms with Crippen molar-refractivity contribution in [2.75, 3.05) is 6.54 Å². The Balaban J connectivity index is 1.41. The van der Waals surface area contributed by atoms with E-state index in [1.54, 1.807) is 12.4 Å². The highest BCUT2D eigenvalue weighted by molar-refractivity contribution is 5.75. The molecule has 0 unspecified atom stereocenters. The number of hydrogen-bond donors (Lipinski definition) is 1. The molecule has 0 aromatic carbocycles. The van der Waals surface area contributed by atoms with E-state index in [9.17, 15) is 4.79 Å². The number of aromatic nitrogens is 1. The fraction of sp³-hybridized carbons (Fsp3) is 0.647. The van der Waals surface area contributed by atoms with Crippen molar-refractivity contribution in [1.29, 1.82) is 0 Å². The monoisotopic (exact) mass is 301 g/mol. The van der Waals surface area contributed by atoms with Gasteiger partial charge < -0.3 is 15.0 Å². The Labute approximate surface area is 131 Å². The van der Waals surface area contributed by atoms with Crippen molar-refractivity contribution in [3.05, 3.63) is 24.5 Å². The number of carbonyl (C=O) groups is 1. The zero-order chi connectivity index (χ0) is 14.9. The molecule has 2 aliphatic carbocycles. The Morgan fingerprint density at radius 1 is 1.27 bits per heavy atom. The van der Waals surface area contributed by atoms with Gasteiger partial charge in [-0.2, -0.15) is 0 Å². The number of piperidine rings is 1. The van der Waals surface area contributed by atoms with Gasteiger partial charge in [0.2, 0.25) is 0 Å². The van der Waals surface area contributed by atoms with Crippen LogP contribution in [-0.2, 0) is 0 Å². The average molecular weight is 301 g/mol. The van der Waals surface area contributed by atoms with Gasteiger partial charge in [-0.05, 0) is 37.8 Å². The number of hydrogen-bond acceptors (Lipinski definition) is 3. The van der Waals surface area contributed by atoms with Gasteiger partial charge in [-0.1, -0.05) is 12.8 Å². The number of ether oxygens (including phenoxy) is 1. The van der Waals surface area contributed by atoms with Crippen LogP contribution in [0.3, 0.4) is 0 Å². The van der Waals surface area contributed by atoms with Gasteiger partial charge in [-0.25, -0.2) is 4.79 Å². The maximum Gasteiger partial charge on any atom is 0.318 e. The molecule has 0 spiro atoms. The summed E-state index contributed by atoms with van der Waals surface area (Å²) >= 11 is 0. The van der Waals surface area contributed by atoms with E-state index < -0.39 is 0 Å². The molecule has 22 heavy (non-hydrogen) atoms. The van der Waals surface area contributed by atoms with E-state index in [4.69, 9.17) is 4.74 Å². The standard InChI is InChI=1S/C17H23N3O2/c21-17(19-13-4-1-2-5-13)20-11-12-7-8-15(20)16(12)22-14-6-3-9-18-10-14/h3,6,9-10,12-13,15-16H,1-2,4-5,7-8,11H2,(H,19,21)/t12-,15+,16-/m1/s1. The third-order valence-electron chi connectivity index (χ3n) is 5.36. The van der Waals surface area contributed by atoms with Crippen molar-refractivity contribution in [2.45, 2.75) is 56.7 Å². The summed E-state index contributed by atoms with van der Waals surface area (Å²) in [5, 5.41) is 3.21. The van der Waals surface area contributed by atoms with Gasteiger partial charge in [0, 0.05) is 24.7 Å². The maximum absolute atomic E-state index is 12.5. The second-order valence-corrected chi connectivity index (χ2v) is 6.76. The highest BCUT2D eigenvalue weighted by Gasteiger charge is 2.50. The van der Waals surface area contributed by atoms with Crippen molar-refractivity contribution in [1.82, 2.24) is 15.2 Å². The van der Waals surface area contributed by atoms with Crippen LogP contribution in [-0.4, -0.2) is 40.6 Å². The van der Waals surface area contributed by atoms with Gasteiger partial charge in [0.05, 0.1) is 12.2 Å². The second-order valence-electron chi connectivity index (χ2n) is 6.76. The molecule has 0 radical (unpaired) electrons. The van der Waals surface area contributed by atoms with E-state index in [-0.39, 0.29) is 18.2 Å². The van der Waals surface area contributed by atoms with E-state index >= 15 is 0 Å². The molecule has 1 aliphatic heterocycles. The Morgan fingerprint density at radius 2 is 2.14 bits per heavy atom. The minimum Gasteiger partial charge on any atom is -0.486 e. The number of pyridine rings is 1. The fourth-order valence-corrected chi connectivity index (χ4v) is 4.25. The molecule has 1 saturated heterocycles.